The van der Waals surface area contributed by atoms with Crippen molar-refractivity contribution in [1.82, 2.24) is 5.32 Å². The van der Waals surface area contributed by atoms with Crippen LogP contribution in [0.2, 0.25) is 0 Å². The number of hydrogen-bond acceptors (Lipinski definition) is 2. The van der Waals surface area contributed by atoms with Gasteiger partial charge in [0.05, 0.1) is 0 Å². The maximum atomic E-state index is 13.2. The second-order valence-electron chi connectivity index (χ2n) is 4.07. The minimum atomic E-state index is -0.443. The average Bonchev–Trinajstić information content (AvgIpc) is 2.28. The van der Waals surface area contributed by atoms with Crippen molar-refractivity contribution in [2.75, 3.05) is 6.61 Å². The monoisotopic (exact) mass is 229 g/mol. The molecule has 0 heterocycles. The Morgan fingerprint density at radius 3 is 2.62 bits per heavy atom. The van der Waals surface area contributed by atoms with Gasteiger partial charge in [-0.2, -0.15) is 0 Å². The summed E-state index contributed by atoms with van der Waals surface area (Å²) in [5, 5.41) is 12.0. The lowest BCUT2D eigenvalue weighted by Crippen LogP contribution is -2.33. The van der Waals surface area contributed by atoms with Crippen molar-refractivity contribution in [3.8, 4) is 0 Å². The molecule has 2 N–H and O–H groups in total. The van der Waals surface area contributed by atoms with Crippen LogP contribution in [-0.2, 0) is 6.54 Å². The van der Waals surface area contributed by atoms with E-state index in [0.29, 0.717) is 5.56 Å². The Morgan fingerprint density at radius 2 is 2.00 bits per heavy atom. The SMILES string of the molecule is CC(CO)C(C)NCc1cc(F)ccc1F. The molecule has 2 atom stereocenters. The van der Waals surface area contributed by atoms with Crippen molar-refractivity contribution in [3.63, 3.8) is 0 Å². The summed E-state index contributed by atoms with van der Waals surface area (Å²) in [4.78, 5) is 0. The Hall–Kier alpha value is -1.00. The second kappa shape index (κ2) is 5.92. The van der Waals surface area contributed by atoms with Crippen LogP contribution in [-0.4, -0.2) is 17.8 Å². The smallest absolute Gasteiger partial charge is 0.127 e. The van der Waals surface area contributed by atoms with E-state index >= 15 is 0 Å². The van der Waals surface area contributed by atoms with Gasteiger partial charge in [-0.15, -0.1) is 0 Å². The van der Waals surface area contributed by atoms with Gasteiger partial charge in [-0.05, 0) is 31.0 Å². The summed E-state index contributed by atoms with van der Waals surface area (Å²) in [5.74, 6) is -0.782. The summed E-state index contributed by atoms with van der Waals surface area (Å²) in [5.41, 5.74) is 0.303. The molecule has 2 nitrogen and oxygen atoms in total. The van der Waals surface area contributed by atoms with E-state index in [1.807, 2.05) is 13.8 Å². The van der Waals surface area contributed by atoms with Crippen LogP contribution >= 0.6 is 0 Å². The van der Waals surface area contributed by atoms with Gasteiger partial charge in [0.2, 0.25) is 0 Å². The highest BCUT2D eigenvalue weighted by molar-refractivity contribution is 5.18. The molecule has 0 amide bonds. The fourth-order valence-electron chi connectivity index (χ4n) is 1.31. The van der Waals surface area contributed by atoms with E-state index in [1.54, 1.807) is 0 Å². The molecule has 0 saturated heterocycles. The summed E-state index contributed by atoms with van der Waals surface area (Å²) >= 11 is 0. The van der Waals surface area contributed by atoms with Crippen LogP contribution < -0.4 is 5.32 Å². The van der Waals surface area contributed by atoms with E-state index < -0.39 is 11.6 Å². The van der Waals surface area contributed by atoms with Gasteiger partial charge in [0.1, 0.15) is 11.6 Å². The summed E-state index contributed by atoms with van der Waals surface area (Å²) in [7, 11) is 0. The Morgan fingerprint density at radius 1 is 1.31 bits per heavy atom. The zero-order valence-electron chi connectivity index (χ0n) is 9.50. The number of halogens is 2. The predicted octanol–water partition coefficient (Wildman–Crippen LogP) is 2.07. The molecule has 1 rings (SSSR count). The van der Waals surface area contributed by atoms with Gasteiger partial charge in [-0.25, -0.2) is 8.78 Å². The number of aliphatic hydroxyl groups excluding tert-OH is 1. The second-order valence-corrected chi connectivity index (χ2v) is 4.07. The minimum absolute atomic E-state index is 0.0488. The number of hydrogen-bond donors (Lipinski definition) is 2. The third-order valence-electron chi connectivity index (χ3n) is 2.76. The number of benzene rings is 1. The van der Waals surface area contributed by atoms with Crippen molar-refractivity contribution >= 4 is 0 Å². The molecule has 0 aromatic heterocycles. The molecule has 0 aliphatic carbocycles. The van der Waals surface area contributed by atoms with E-state index in [9.17, 15) is 8.78 Å². The molecular weight excluding hydrogens is 212 g/mol. The lowest BCUT2D eigenvalue weighted by molar-refractivity contribution is 0.206. The summed E-state index contributed by atoms with van der Waals surface area (Å²) in [6, 6.07) is 3.44. The topological polar surface area (TPSA) is 32.3 Å². The predicted molar refractivity (Wildman–Crippen MR) is 58.9 cm³/mol. The summed E-state index contributed by atoms with van der Waals surface area (Å²) in [6.07, 6.45) is 0. The van der Waals surface area contributed by atoms with Crippen LogP contribution in [0.4, 0.5) is 8.78 Å². The molecule has 16 heavy (non-hydrogen) atoms. The van der Waals surface area contributed by atoms with Gasteiger partial charge in [0.15, 0.2) is 0 Å². The van der Waals surface area contributed by atoms with Crippen LogP contribution in [0.25, 0.3) is 0 Å². The molecule has 1 aromatic rings. The van der Waals surface area contributed by atoms with Gasteiger partial charge >= 0.3 is 0 Å². The Bertz CT molecular complexity index is 344. The third kappa shape index (κ3) is 3.54. The maximum Gasteiger partial charge on any atom is 0.127 e. The maximum absolute atomic E-state index is 13.2. The fourth-order valence-corrected chi connectivity index (χ4v) is 1.31. The Kier molecular flexibility index (Phi) is 4.83. The number of nitrogens with one attached hydrogen (secondary N) is 1. The van der Waals surface area contributed by atoms with Crippen LogP contribution in [0.1, 0.15) is 19.4 Å². The molecule has 1 aromatic carbocycles. The lowest BCUT2D eigenvalue weighted by atomic mass is 10.0. The Labute approximate surface area is 94.3 Å². The molecule has 0 spiro atoms. The standard InChI is InChI=1S/C12H17F2NO/c1-8(7-16)9(2)15-6-10-5-11(13)3-4-12(10)14/h3-5,8-9,15-16H,6-7H2,1-2H3. The van der Waals surface area contributed by atoms with E-state index in [-0.39, 0.29) is 25.1 Å². The summed E-state index contributed by atoms with van der Waals surface area (Å²) in [6.45, 7) is 4.12. The molecule has 0 aliphatic rings. The van der Waals surface area contributed by atoms with Gasteiger partial charge in [0.25, 0.3) is 0 Å². The molecule has 0 aliphatic heterocycles. The largest absolute Gasteiger partial charge is 0.396 e. The zero-order valence-corrected chi connectivity index (χ0v) is 9.50. The molecule has 4 heteroatoms. The van der Waals surface area contributed by atoms with Crippen molar-refractivity contribution in [2.45, 2.75) is 26.4 Å². The first-order valence-corrected chi connectivity index (χ1v) is 5.32. The van der Waals surface area contributed by atoms with Crippen molar-refractivity contribution in [1.29, 1.82) is 0 Å². The zero-order chi connectivity index (χ0) is 12.1. The van der Waals surface area contributed by atoms with Crippen molar-refractivity contribution in [3.05, 3.63) is 35.4 Å². The number of aliphatic hydroxyl groups is 1. The van der Waals surface area contributed by atoms with Crippen LogP contribution in [0.3, 0.4) is 0 Å². The highest BCUT2D eigenvalue weighted by atomic mass is 19.1. The molecule has 0 saturated carbocycles. The highest BCUT2D eigenvalue weighted by Gasteiger charge is 2.11. The third-order valence-corrected chi connectivity index (χ3v) is 2.76. The van der Waals surface area contributed by atoms with Gasteiger partial charge in [0, 0.05) is 24.8 Å². The van der Waals surface area contributed by atoms with Crippen molar-refractivity contribution in [2.24, 2.45) is 5.92 Å². The molecule has 0 bridgehead atoms. The van der Waals surface area contributed by atoms with Gasteiger partial charge in [-0.3, -0.25) is 0 Å². The highest BCUT2D eigenvalue weighted by Crippen LogP contribution is 2.10. The van der Waals surface area contributed by atoms with E-state index in [0.717, 1.165) is 12.1 Å². The quantitative estimate of drug-likeness (QED) is 0.810. The van der Waals surface area contributed by atoms with E-state index in [2.05, 4.69) is 5.32 Å². The Balaban J connectivity index is 2.57. The van der Waals surface area contributed by atoms with Crippen molar-refractivity contribution < 1.29 is 13.9 Å². The first kappa shape index (κ1) is 13.1. The molecule has 2 unspecified atom stereocenters. The first-order valence-electron chi connectivity index (χ1n) is 5.32. The van der Waals surface area contributed by atoms with E-state index in [1.165, 1.54) is 6.07 Å². The van der Waals surface area contributed by atoms with Crippen LogP contribution in [0, 0.1) is 17.6 Å². The molecule has 0 radical (unpaired) electrons. The molecule has 90 valence electrons. The molecule has 0 fully saturated rings. The lowest BCUT2D eigenvalue weighted by Gasteiger charge is -2.19. The fraction of sp³-hybridized carbons (Fsp3) is 0.500. The minimum Gasteiger partial charge on any atom is -0.396 e. The normalized spacial score (nSPS) is 14.8. The first-order chi connectivity index (χ1) is 7.54. The van der Waals surface area contributed by atoms with Crippen LogP contribution in [0.5, 0.6) is 0 Å². The van der Waals surface area contributed by atoms with Crippen LogP contribution in [0.15, 0.2) is 18.2 Å². The van der Waals surface area contributed by atoms with E-state index in [4.69, 9.17) is 5.11 Å². The average molecular weight is 229 g/mol. The molecular formula is C12H17F2NO. The number of rotatable bonds is 5. The summed E-state index contributed by atoms with van der Waals surface area (Å²) < 4.78 is 26.1. The van der Waals surface area contributed by atoms with Gasteiger partial charge < -0.3 is 10.4 Å². The van der Waals surface area contributed by atoms with Gasteiger partial charge in [-0.1, -0.05) is 6.92 Å².